The Balaban J connectivity index is 2.49. The Morgan fingerprint density at radius 3 is 2.88 bits per heavy atom. The number of hydrogen-bond acceptors (Lipinski definition) is 3. The number of nitrogens with zero attached hydrogens (tertiary/aromatic N) is 2. The predicted molar refractivity (Wildman–Crippen MR) is 62.7 cm³/mol. The van der Waals surface area contributed by atoms with E-state index in [0.29, 0.717) is 6.54 Å². The van der Waals surface area contributed by atoms with E-state index in [1.165, 1.54) is 5.56 Å². The van der Waals surface area contributed by atoms with Gasteiger partial charge in [-0.3, -0.25) is 0 Å². The third-order valence-electron chi connectivity index (χ3n) is 2.45. The molecular formula is C12H15N3O. The summed E-state index contributed by atoms with van der Waals surface area (Å²) in [5, 5.41) is 4.26. The van der Waals surface area contributed by atoms with Crippen molar-refractivity contribution in [2.75, 3.05) is 7.11 Å². The van der Waals surface area contributed by atoms with Gasteiger partial charge in [0.25, 0.3) is 0 Å². The molecule has 0 bridgehead atoms. The number of aryl methyl sites for hydroxylation is 1. The molecule has 0 spiro atoms. The van der Waals surface area contributed by atoms with Gasteiger partial charge in [-0.25, -0.2) is 4.68 Å². The molecule has 0 aliphatic rings. The second-order valence-corrected chi connectivity index (χ2v) is 3.67. The van der Waals surface area contributed by atoms with Crippen LogP contribution in [0.3, 0.4) is 0 Å². The van der Waals surface area contributed by atoms with Gasteiger partial charge in [-0.2, -0.15) is 5.10 Å². The van der Waals surface area contributed by atoms with E-state index in [0.717, 1.165) is 17.0 Å². The molecule has 0 fully saturated rings. The van der Waals surface area contributed by atoms with Gasteiger partial charge in [-0.15, -0.1) is 0 Å². The highest BCUT2D eigenvalue weighted by Crippen LogP contribution is 2.23. The number of ether oxygens (including phenoxy) is 1. The largest absolute Gasteiger partial charge is 0.494 e. The van der Waals surface area contributed by atoms with E-state index in [1.54, 1.807) is 18.0 Å². The average Bonchev–Trinajstić information content (AvgIpc) is 2.77. The Kier molecular flexibility index (Phi) is 2.92. The molecule has 0 atom stereocenters. The van der Waals surface area contributed by atoms with Crippen molar-refractivity contribution in [1.82, 2.24) is 9.78 Å². The number of hydrogen-bond donors (Lipinski definition) is 1. The lowest BCUT2D eigenvalue weighted by Crippen LogP contribution is -1.99. The zero-order valence-electron chi connectivity index (χ0n) is 9.47. The summed E-state index contributed by atoms with van der Waals surface area (Å²) in [6.45, 7) is 2.53. The maximum Gasteiger partial charge on any atom is 0.144 e. The standard InChI is InChI=1S/C12H15N3O/c1-9-3-4-12(16-2)11(5-9)15-8-10(6-13)7-14-15/h3-5,7-8H,6,13H2,1-2H3. The van der Waals surface area contributed by atoms with Gasteiger partial charge < -0.3 is 10.5 Å². The van der Waals surface area contributed by atoms with E-state index in [4.69, 9.17) is 10.5 Å². The van der Waals surface area contributed by atoms with Crippen molar-refractivity contribution in [3.8, 4) is 11.4 Å². The summed E-state index contributed by atoms with van der Waals surface area (Å²) >= 11 is 0. The average molecular weight is 217 g/mol. The SMILES string of the molecule is COc1ccc(C)cc1-n1cc(CN)cn1. The normalized spacial score (nSPS) is 10.4. The summed E-state index contributed by atoms with van der Waals surface area (Å²) < 4.78 is 7.09. The van der Waals surface area contributed by atoms with Gasteiger partial charge in [0.15, 0.2) is 0 Å². The molecule has 0 radical (unpaired) electrons. The van der Waals surface area contributed by atoms with Crippen LogP contribution in [-0.4, -0.2) is 16.9 Å². The van der Waals surface area contributed by atoms with Crippen LogP contribution in [0.4, 0.5) is 0 Å². The van der Waals surface area contributed by atoms with Crippen molar-refractivity contribution >= 4 is 0 Å². The van der Waals surface area contributed by atoms with Gasteiger partial charge in [0, 0.05) is 18.3 Å². The van der Waals surface area contributed by atoms with Crippen LogP contribution in [0.15, 0.2) is 30.6 Å². The zero-order valence-corrected chi connectivity index (χ0v) is 9.47. The number of aromatic nitrogens is 2. The molecule has 0 unspecified atom stereocenters. The first-order valence-corrected chi connectivity index (χ1v) is 5.13. The molecule has 1 aromatic carbocycles. The maximum absolute atomic E-state index is 5.56. The van der Waals surface area contributed by atoms with Gasteiger partial charge in [-0.1, -0.05) is 6.07 Å². The van der Waals surface area contributed by atoms with Gasteiger partial charge in [0.05, 0.1) is 13.3 Å². The van der Waals surface area contributed by atoms with Crippen LogP contribution < -0.4 is 10.5 Å². The van der Waals surface area contributed by atoms with E-state index in [9.17, 15) is 0 Å². The molecule has 4 nitrogen and oxygen atoms in total. The minimum atomic E-state index is 0.494. The first kappa shape index (κ1) is 10.7. The van der Waals surface area contributed by atoms with Crippen molar-refractivity contribution in [3.63, 3.8) is 0 Å². The molecule has 0 saturated heterocycles. The molecule has 0 saturated carbocycles. The van der Waals surface area contributed by atoms with E-state index >= 15 is 0 Å². The lowest BCUT2D eigenvalue weighted by atomic mass is 10.2. The molecular weight excluding hydrogens is 202 g/mol. The monoisotopic (exact) mass is 217 g/mol. The van der Waals surface area contributed by atoms with Crippen molar-refractivity contribution < 1.29 is 4.74 Å². The van der Waals surface area contributed by atoms with Crippen LogP contribution in [0.2, 0.25) is 0 Å². The second kappa shape index (κ2) is 4.37. The van der Waals surface area contributed by atoms with E-state index in [1.807, 2.05) is 31.3 Å². The van der Waals surface area contributed by atoms with Crippen molar-refractivity contribution in [3.05, 3.63) is 41.7 Å². The van der Waals surface area contributed by atoms with Gasteiger partial charge >= 0.3 is 0 Å². The second-order valence-electron chi connectivity index (χ2n) is 3.67. The predicted octanol–water partition coefficient (Wildman–Crippen LogP) is 1.65. The summed E-state index contributed by atoms with van der Waals surface area (Å²) in [4.78, 5) is 0. The summed E-state index contributed by atoms with van der Waals surface area (Å²) in [6.07, 6.45) is 3.68. The van der Waals surface area contributed by atoms with Crippen molar-refractivity contribution in [2.45, 2.75) is 13.5 Å². The molecule has 0 aliphatic heterocycles. The highest BCUT2D eigenvalue weighted by Gasteiger charge is 2.06. The smallest absolute Gasteiger partial charge is 0.144 e. The van der Waals surface area contributed by atoms with E-state index < -0.39 is 0 Å². The number of methoxy groups -OCH3 is 1. The maximum atomic E-state index is 5.56. The quantitative estimate of drug-likeness (QED) is 0.850. The fourth-order valence-corrected chi connectivity index (χ4v) is 1.58. The summed E-state index contributed by atoms with van der Waals surface area (Å²) in [5.74, 6) is 0.803. The summed E-state index contributed by atoms with van der Waals surface area (Å²) in [5.41, 5.74) is 8.66. The van der Waals surface area contributed by atoms with Gasteiger partial charge in [0.2, 0.25) is 0 Å². The minimum Gasteiger partial charge on any atom is -0.494 e. The molecule has 1 aromatic heterocycles. The molecule has 1 heterocycles. The lowest BCUT2D eigenvalue weighted by Gasteiger charge is -2.09. The summed E-state index contributed by atoms with van der Waals surface area (Å²) in [6, 6.07) is 5.98. The van der Waals surface area contributed by atoms with Crippen LogP contribution in [0, 0.1) is 6.92 Å². The number of nitrogens with two attached hydrogens (primary N) is 1. The van der Waals surface area contributed by atoms with Crippen LogP contribution >= 0.6 is 0 Å². The third-order valence-corrected chi connectivity index (χ3v) is 2.45. The highest BCUT2D eigenvalue weighted by atomic mass is 16.5. The van der Waals surface area contributed by atoms with Gasteiger partial charge in [-0.05, 0) is 24.6 Å². The molecule has 2 rings (SSSR count). The Morgan fingerprint density at radius 2 is 2.25 bits per heavy atom. The Morgan fingerprint density at radius 1 is 1.44 bits per heavy atom. The molecule has 84 valence electrons. The van der Waals surface area contributed by atoms with Crippen LogP contribution in [0.1, 0.15) is 11.1 Å². The summed E-state index contributed by atoms with van der Waals surface area (Å²) in [7, 11) is 1.65. The first-order chi connectivity index (χ1) is 7.74. The van der Waals surface area contributed by atoms with Crippen molar-refractivity contribution in [1.29, 1.82) is 0 Å². The van der Waals surface area contributed by atoms with Crippen LogP contribution in [-0.2, 0) is 6.54 Å². The van der Waals surface area contributed by atoms with Crippen LogP contribution in [0.5, 0.6) is 5.75 Å². The fourth-order valence-electron chi connectivity index (χ4n) is 1.58. The molecule has 2 aromatic rings. The lowest BCUT2D eigenvalue weighted by molar-refractivity contribution is 0.411. The topological polar surface area (TPSA) is 53.1 Å². The number of rotatable bonds is 3. The minimum absolute atomic E-state index is 0.494. The Hall–Kier alpha value is -1.81. The van der Waals surface area contributed by atoms with E-state index in [2.05, 4.69) is 5.10 Å². The fraction of sp³-hybridized carbons (Fsp3) is 0.250. The Labute approximate surface area is 94.6 Å². The van der Waals surface area contributed by atoms with E-state index in [-0.39, 0.29) is 0 Å². The molecule has 0 amide bonds. The van der Waals surface area contributed by atoms with Crippen LogP contribution in [0.25, 0.3) is 5.69 Å². The Bertz CT molecular complexity index is 491. The molecule has 2 N–H and O–H groups in total. The first-order valence-electron chi connectivity index (χ1n) is 5.13. The van der Waals surface area contributed by atoms with Crippen molar-refractivity contribution in [2.24, 2.45) is 5.73 Å². The molecule has 16 heavy (non-hydrogen) atoms. The molecule has 4 heteroatoms. The highest BCUT2D eigenvalue weighted by molar-refractivity contribution is 5.48. The molecule has 0 aliphatic carbocycles. The third kappa shape index (κ3) is 1.92. The zero-order chi connectivity index (χ0) is 11.5. The number of benzene rings is 1. The van der Waals surface area contributed by atoms with Gasteiger partial charge in [0.1, 0.15) is 11.4 Å².